The van der Waals surface area contributed by atoms with E-state index in [0.717, 1.165) is 46.3 Å². The molecule has 0 radical (unpaired) electrons. The molecule has 7 nitrogen and oxygen atoms in total. The molecule has 0 aliphatic carbocycles. The molecule has 1 aromatic carbocycles. The van der Waals surface area contributed by atoms with Crippen molar-refractivity contribution in [3.8, 4) is 28.1 Å². The van der Waals surface area contributed by atoms with Crippen molar-refractivity contribution in [2.24, 2.45) is 0 Å². The second kappa shape index (κ2) is 9.41. The minimum Gasteiger partial charge on any atom is -0.489 e. The maximum Gasteiger partial charge on any atom is 0.410 e. The Bertz CT molecular complexity index is 1330. The Hall–Kier alpha value is -3.87. The molecule has 7 heteroatoms. The number of benzene rings is 1. The van der Waals surface area contributed by atoms with Gasteiger partial charge in [-0.2, -0.15) is 0 Å². The number of rotatable bonds is 5. The molecule has 4 heterocycles. The number of pyridine rings is 2. The molecule has 1 fully saturated rings. The average molecular weight is 471 g/mol. The summed E-state index contributed by atoms with van der Waals surface area (Å²) in [5, 5.41) is 0. The molecule has 3 aromatic heterocycles. The number of nitrogens with zero attached hydrogens (tertiary/aromatic N) is 3. The van der Waals surface area contributed by atoms with Gasteiger partial charge in [-0.1, -0.05) is 30.3 Å². The van der Waals surface area contributed by atoms with E-state index in [-0.39, 0.29) is 12.1 Å². The SMILES string of the molecule is CC(C)(C)OC(=O)N1CCC[C@H]1COc1cnccc1-c1[nH]c2cccnc2c1-c1ccccc1. The molecule has 1 aliphatic rings. The Balaban J connectivity index is 1.46. The van der Waals surface area contributed by atoms with Gasteiger partial charge in [-0.05, 0) is 57.4 Å². The first-order valence-electron chi connectivity index (χ1n) is 12.0. The first-order chi connectivity index (χ1) is 16.9. The van der Waals surface area contributed by atoms with E-state index < -0.39 is 5.60 Å². The van der Waals surface area contributed by atoms with Crippen molar-refractivity contribution in [3.05, 3.63) is 67.1 Å². The summed E-state index contributed by atoms with van der Waals surface area (Å²) >= 11 is 0. The number of H-pyrrole nitrogens is 1. The smallest absolute Gasteiger partial charge is 0.410 e. The molecule has 4 aromatic rings. The molecule has 1 aliphatic heterocycles. The van der Waals surface area contributed by atoms with Gasteiger partial charge in [0.05, 0.1) is 29.0 Å². The zero-order valence-corrected chi connectivity index (χ0v) is 20.3. The van der Waals surface area contributed by atoms with Crippen molar-refractivity contribution < 1.29 is 14.3 Å². The van der Waals surface area contributed by atoms with Crippen molar-refractivity contribution >= 4 is 17.1 Å². The van der Waals surface area contributed by atoms with Crippen molar-refractivity contribution in [3.63, 3.8) is 0 Å². The zero-order valence-electron chi connectivity index (χ0n) is 20.3. The van der Waals surface area contributed by atoms with E-state index >= 15 is 0 Å². The number of aromatic amines is 1. The van der Waals surface area contributed by atoms with Gasteiger partial charge < -0.3 is 19.4 Å². The second-order valence-corrected chi connectivity index (χ2v) is 9.79. The van der Waals surface area contributed by atoms with Crippen LogP contribution in [0.25, 0.3) is 33.4 Å². The van der Waals surface area contributed by atoms with Gasteiger partial charge in [-0.3, -0.25) is 9.97 Å². The van der Waals surface area contributed by atoms with Crippen LogP contribution in [0, 0.1) is 0 Å². The van der Waals surface area contributed by atoms with E-state index in [1.165, 1.54) is 0 Å². The van der Waals surface area contributed by atoms with Crippen LogP contribution in [0.5, 0.6) is 5.75 Å². The lowest BCUT2D eigenvalue weighted by atomic mass is 10.0. The lowest BCUT2D eigenvalue weighted by Gasteiger charge is -2.28. The Morgan fingerprint density at radius 3 is 2.74 bits per heavy atom. The molecule has 5 rings (SSSR count). The molecule has 1 atom stereocenters. The topological polar surface area (TPSA) is 80.3 Å². The van der Waals surface area contributed by atoms with Gasteiger partial charge >= 0.3 is 6.09 Å². The van der Waals surface area contributed by atoms with Crippen LogP contribution in [-0.2, 0) is 4.74 Å². The lowest BCUT2D eigenvalue weighted by Crippen LogP contribution is -2.42. The normalized spacial score (nSPS) is 16.0. The van der Waals surface area contributed by atoms with Crippen LogP contribution in [0.15, 0.2) is 67.1 Å². The first-order valence-corrected chi connectivity index (χ1v) is 12.0. The molecule has 1 saturated heterocycles. The minimum atomic E-state index is -0.529. The van der Waals surface area contributed by atoms with Crippen LogP contribution in [0.4, 0.5) is 4.79 Å². The van der Waals surface area contributed by atoms with Crippen LogP contribution in [-0.4, -0.2) is 50.7 Å². The summed E-state index contributed by atoms with van der Waals surface area (Å²) in [7, 11) is 0. The van der Waals surface area contributed by atoms with Gasteiger partial charge in [0.15, 0.2) is 0 Å². The van der Waals surface area contributed by atoms with E-state index in [2.05, 4.69) is 27.1 Å². The number of carbonyl (C=O) groups excluding carboxylic acids is 1. The third kappa shape index (κ3) is 4.85. The van der Waals surface area contributed by atoms with Crippen molar-refractivity contribution in [2.45, 2.75) is 45.3 Å². The predicted molar refractivity (Wildman–Crippen MR) is 136 cm³/mol. The maximum absolute atomic E-state index is 12.7. The standard InChI is InChI=1S/C28H30N4O3/c1-28(2,3)35-27(33)32-16-8-11-20(32)18-34-23-17-29-15-13-21(23)25-24(19-9-5-4-6-10-19)26-22(31-25)12-7-14-30-26/h4-7,9-10,12-15,17,20,31H,8,11,16,18H2,1-3H3/t20-/m0/s1. The predicted octanol–water partition coefficient (Wildman–Crippen LogP) is 6.07. The van der Waals surface area contributed by atoms with Gasteiger partial charge in [0, 0.05) is 30.1 Å². The number of likely N-dealkylation sites (tertiary alicyclic amines) is 1. The summed E-state index contributed by atoms with van der Waals surface area (Å²) < 4.78 is 11.9. The monoisotopic (exact) mass is 470 g/mol. The molecule has 0 bridgehead atoms. The first kappa shape index (κ1) is 22.9. The largest absolute Gasteiger partial charge is 0.489 e. The van der Waals surface area contributed by atoms with Gasteiger partial charge in [0.2, 0.25) is 0 Å². The molecule has 35 heavy (non-hydrogen) atoms. The summed E-state index contributed by atoms with van der Waals surface area (Å²) in [6, 6.07) is 16.1. The van der Waals surface area contributed by atoms with E-state index in [4.69, 9.17) is 9.47 Å². The highest BCUT2D eigenvalue weighted by Gasteiger charge is 2.33. The molecule has 1 amide bonds. The Morgan fingerprint density at radius 2 is 1.94 bits per heavy atom. The van der Waals surface area contributed by atoms with E-state index in [0.29, 0.717) is 18.9 Å². The van der Waals surface area contributed by atoms with Crippen molar-refractivity contribution in [2.75, 3.05) is 13.2 Å². The Labute approximate surface area is 205 Å². The number of aromatic nitrogens is 3. The fourth-order valence-electron chi connectivity index (χ4n) is 4.57. The number of nitrogens with one attached hydrogen (secondary N) is 1. The number of carbonyl (C=O) groups is 1. The molecule has 0 spiro atoms. The number of ether oxygens (including phenoxy) is 2. The highest BCUT2D eigenvalue weighted by molar-refractivity contribution is 6.02. The third-order valence-corrected chi connectivity index (χ3v) is 6.11. The number of fused-ring (bicyclic) bond motifs is 1. The molecule has 0 saturated carbocycles. The van der Waals surface area contributed by atoms with Crippen molar-refractivity contribution in [1.29, 1.82) is 0 Å². The maximum atomic E-state index is 12.7. The highest BCUT2D eigenvalue weighted by Crippen LogP contribution is 2.40. The van der Waals surface area contributed by atoms with Crippen LogP contribution in [0.2, 0.25) is 0 Å². The average Bonchev–Trinajstić information content (AvgIpc) is 3.47. The van der Waals surface area contributed by atoms with Crippen LogP contribution >= 0.6 is 0 Å². The summed E-state index contributed by atoms with van der Waals surface area (Å²) in [5.74, 6) is 0.660. The number of amides is 1. The fourth-order valence-corrected chi connectivity index (χ4v) is 4.57. The van der Waals surface area contributed by atoms with Crippen LogP contribution < -0.4 is 4.74 Å². The van der Waals surface area contributed by atoms with Gasteiger partial charge in [-0.15, -0.1) is 0 Å². The van der Waals surface area contributed by atoms with Crippen LogP contribution in [0.1, 0.15) is 33.6 Å². The summed E-state index contributed by atoms with van der Waals surface area (Å²) in [6.45, 7) is 6.70. The van der Waals surface area contributed by atoms with Gasteiger partial charge in [0.1, 0.15) is 18.0 Å². The highest BCUT2D eigenvalue weighted by atomic mass is 16.6. The molecule has 180 valence electrons. The molecular formula is C28H30N4O3. The van der Waals surface area contributed by atoms with Crippen LogP contribution in [0.3, 0.4) is 0 Å². The third-order valence-electron chi connectivity index (χ3n) is 6.11. The summed E-state index contributed by atoms with van der Waals surface area (Å²) in [5.41, 5.74) is 5.25. The summed E-state index contributed by atoms with van der Waals surface area (Å²) in [4.78, 5) is 27.0. The fraction of sp³-hybridized carbons (Fsp3) is 0.321. The van der Waals surface area contributed by atoms with Gasteiger partial charge in [-0.25, -0.2) is 4.79 Å². The minimum absolute atomic E-state index is 0.0455. The van der Waals surface area contributed by atoms with E-state index in [9.17, 15) is 4.79 Å². The molecule has 1 N–H and O–H groups in total. The molecular weight excluding hydrogens is 440 g/mol. The lowest BCUT2D eigenvalue weighted by molar-refractivity contribution is 0.0187. The summed E-state index contributed by atoms with van der Waals surface area (Å²) in [6.07, 6.45) is 6.82. The molecule has 0 unspecified atom stereocenters. The number of hydrogen-bond donors (Lipinski definition) is 1. The quantitative estimate of drug-likeness (QED) is 0.383. The van der Waals surface area contributed by atoms with E-state index in [1.807, 2.05) is 63.4 Å². The van der Waals surface area contributed by atoms with E-state index in [1.54, 1.807) is 17.3 Å². The Morgan fingerprint density at radius 1 is 1.11 bits per heavy atom. The zero-order chi connectivity index (χ0) is 24.4. The second-order valence-electron chi connectivity index (χ2n) is 9.79. The van der Waals surface area contributed by atoms with Crippen molar-refractivity contribution in [1.82, 2.24) is 19.9 Å². The van der Waals surface area contributed by atoms with Gasteiger partial charge in [0.25, 0.3) is 0 Å². The number of hydrogen-bond acceptors (Lipinski definition) is 5. The Kier molecular flexibility index (Phi) is 6.16.